The molecule has 0 spiro atoms. The van der Waals surface area contributed by atoms with Crippen LogP contribution >= 0.6 is 0 Å². The van der Waals surface area contributed by atoms with Crippen LogP contribution in [-0.4, -0.2) is 15.8 Å². The molecule has 1 aliphatic rings. The van der Waals surface area contributed by atoms with Gasteiger partial charge in [0.15, 0.2) is 0 Å². The summed E-state index contributed by atoms with van der Waals surface area (Å²) in [5.74, 6) is 0. The van der Waals surface area contributed by atoms with Gasteiger partial charge in [0.05, 0.1) is 17.1 Å². The van der Waals surface area contributed by atoms with Gasteiger partial charge in [0.25, 0.3) is 0 Å². The molecule has 1 aromatic rings. The maximum absolute atomic E-state index is 4.44. The highest BCUT2D eigenvalue weighted by Crippen LogP contribution is 2.23. The number of aromatic nitrogens is 2. The Balaban J connectivity index is 2.08. The summed E-state index contributed by atoms with van der Waals surface area (Å²) in [6, 6.07) is 0.594. The van der Waals surface area contributed by atoms with E-state index in [0.717, 1.165) is 5.69 Å². The molecule has 16 heavy (non-hydrogen) atoms. The Morgan fingerprint density at radius 1 is 1.25 bits per heavy atom. The molecule has 0 fully saturated rings. The summed E-state index contributed by atoms with van der Waals surface area (Å²) in [7, 11) is 2.00. The molecular weight excluding hydrogens is 198 g/mol. The van der Waals surface area contributed by atoms with Gasteiger partial charge in [-0.1, -0.05) is 12.2 Å². The molecule has 3 heteroatoms. The van der Waals surface area contributed by atoms with Gasteiger partial charge in [0.2, 0.25) is 0 Å². The first-order valence-electron chi connectivity index (χ1n) is 6.10. The molecule has 0 bridgehead atoms. The third kappa shape index (κ3) is 2.29. The zero-order valence-corrected chi connectivity index (χ0v) is 10.5. The van der Waals surface area contributed by atoms with Gasteiger partial charge in [-0.25, -0.2) is 0 Å². The Morgan fingerprint density at radius 3 is 2.38 bits per heavy atom. The molecule has 0 atom stereocenters. The van der Waals surface area contributed by atoms with Crippen LogP contribution in [0.4, 0.5) is 5.69 Å². The molecular formula is C13H21N3. The van der Waals surface area contributed by atoms with Gasteiger partial charge in [-0.2, -0.15) is 5.10 Å². The van der Waals surface area contributed by atoms with Crippen molar-refractivity contribution < 1.29 is 0 Å². The Bertz CT molecular complexity index is 380. The molecule has 0 aromatic carbocycles. The molecule has 0 radical (unpaired) electrons. The van der Waals surface area contributed by atoms with Crippen LogP contribution in [0.3, 0.4) is 0 Å². The largest absolute Gasteiger partial charge is 0.379 e. The highest BCUT2D eigenvalue weighted by atomic mass is 15.3. The molecule has 0 saturated carbocycles. The second-order valence-electron chi connectivity index (χ2n) is 4.64. The molecule has 2 rings (SSSR count). The quantitative estimate of drug-likeness (QED) is 0.775. The van der Waals surface area contributed by atoms with Gasteiger partial charge in [0, 0.05) is 13.1 Å². The lowest BCUT2D eigenvalue weighted by Crippen LogP contribution is -2.19. The Labute approximate surface area is 97.5 Å². The van der Waals surface area contributed by atoms with Crippen LogP contribution < -0.4 is 5.32 Å². The van der Waals surface area contributed by atoms with Crippen LogP contribution in [0.1, 0.15) is 37.1 Å². The van der Waals surface area contributed by atoms with Crippen LogP contribution in [0.5, 0.6) is 0 Å². The van der Waals surface area contributed by atoms with E-state index >= 15 is 0 Å². The normalized spacial score (nSPS) is 17.4. The lowest BCUT2D eigenvalue weighted by atomic mass is 10.1. The average molecular weight is 219 g/mol. The molecule has 0 unspecified atom stereocenters. The smallest absolute Gasteiger partial charge is 0.0827 e. The van der Waals surface area contributed by atoms with Crippen molar-refractivity contribution in [2.24, 2.45) is 7.05 Å². The first-order valence-corrected chi connectivity index (χ1v) is 6.10. The second kappa shape index (κ2) is 4.73. The van der Waals surface area contributed by atoms with E-state index in [1.165, 1.54) is 37.1 Å². The maximum Gasteiger partial charge on any atom is 0.0827 e. The minimum Gasteiger partial charge on any atom is -0.379 e. The first kappa shape index (κ1) is 11.2. The third-order valence-corrected chi connectivity index (χ3v) is 3.39. The molecule has 0 amide bonds. The maximum atomic E-state index is 4.44. The molecule has 1 aromatic heterocycles. The lowest BCUT2D eigenvalue weighted by molar-refractivity contribution is 0.630. The van der Waals surface area contributed by atoms with E-state index in [0.29, 0.717) is 6.04 Å². The predicted molar refractivity (Wildman–Crippen MR) is 67.7 cm³/mol. The molecule has 88 valence electrons. The van der Waals surface area contributed by atoms with Gasteiger partial charge in [-0.3, -0.25) is 4.68 Å². The molecule has 1 heterocycles. The monoisotopic (exact) mass is 219 g/mol. The van der Waals surface area contributed by atoms with E-state index in [1.807, 2.05) is 11.7 Å². The number of hydrogen-bond donors (Lipinski definition) is 1. The van der Waals surface area contributed by atoms with Crippen molar-refractivity contribution in [3.63, 3.8) is 0 Å². The minimum absolute atomic E-state index is 0.594. The molecule has 1 aliphatic carbocycles. The highest BCUT2D eigenvalue weighted by molar-refractivity contribution is 5.52. The summed E-state index contributed by atoms with van der Waals surface area (Å²) in [5.41, 5.74) is 3.57. The number of hydrogen-bond acceptors (Lipinski definition) is 2. The fourth-order valence-corrected chi connectivity index (χ4v) is 2.31. The summed E-state index contributed by atoms with van der Waals surface area (Å²) in [6.07, 6.45) is 9.43. The van der Waals surface area contributed by atoms with E-state index < -0.39 is 0 Å². The zero-order valence-electron chi connectivity index (χ0n) is 10.5. The van der Waals surface area contributed by atoms with Gasteiger partial charge in [0.1, 0.15) is 0 Å². The molecule has 1 N–H and O–H groups in total. The Hall–Kier alpha value is -1.25. The summed E-state index contributed by atoms with van der Waals surface area (Å²) in [5, 5.41) is 8.09. The van der Waals surface area contributed by atoms with Crippen LogP contribution in [-0.2, 0) is 7.05 Å². The molecule has 0 aliphatic heterocycles. The van der Waals surface area contributed by atoms with Crippen LogP contribution in [0, 0.1) is 13.8 Å². The van der Waals surface area contributed by atoms with Gasteiger partial charge >= 0.3 is 0 Å². The van der Waals surface area contributed by atoms with Crippen molar-refractivity contribution >= 4 is 5.69 Å². The predicted octanol–water partition coefficient (Wildman–Crippen LogP) is 2.95. The third-order valence-electron chi connectivity index (χ3n) is 3.39. The summed E-state index contributed by atoms with van der Waals surface area (Å²) >= 11 is 0. The number of nitrogens with zero attached hydrogens (tertiary/aromatic N) is 2. The van der Waals surface area contributed by atoms with Crippen LogP contribution in [0.2, 0.25) is 0 Å². The van der Waals surface area contributed by atoms with Crippen molar-refractivity contribution in [1.29, 1.82) is 0 Å². The Kier molecular flexibility index (Phi) is 3.32. The number of aryl methyl sites for hydroxylation is 2. The zero-order chi connectivity index (χ0) is 11.5. The summed E-state index contributed by atoms with van der Waals surface area (Å²) in [4.78, 5) is 0. The minimum atomic E-state index is 0.594. The van der Waals surface area contributed by atoms with E-state index in [-0.39, 0.29) is 0 Å². The highest BCUT2D eigenvalue weighted by Gasteiger charge is 2.14. The summed E-state index contributed by atoms with van der Waals surface area (Å²) < 4.78 is 1.95. The van der Waals surface area contributed by atoms with E-state index in [9.17, 15) is 0 Å². The van der Waals surface area contributed by atoms with E-state index in [2.05, 4.69) is 36.4 Å². The van der Waals surface area contributed by atoms with Gasteiger partial charge in [-0.15, -0.1) is 0 Å². The number of rotatable bonds is 2. The van der Waals surface area contributed by atoms with Gasteiger partial charge in [-0.05, 0) is 39.5 Å². The average Bonchev–Trinajstić information content (AvgIpc) is 2.51. The molecule has 3 nitrogen and oxygen atoms in total. The second-order valence-corrected chi connectivity index (χ2v) is 4.64. The number of anilines is 1. The van der Waals surface area contributed by atoms with Crippen molar-refractivity contribution in [3.8, 4) is 0 Å². The Morgan fingerprint density at radius 2 is 1.88 bits per heavy atom. The topological polar surface area (TPSA) is 29.9 Å². The standard InChI is InChI=1S/C13H21N3/c1-10-13(11(2)16(3)15-10)14-12-8-6-4-5-7-9-12/h4-5,12,14H,6-9H2,1-3H3. The number of nitrogens with one attached hydrogen (secondary N) is 1. The summed E-state index contributed by atoms with van der Waals surface area (Å²) in [6.45, 7) is 4.20. The molecule has 0 saturated heterocycles. The van der Waals surface area contributed by atoms with Crippen molar-refractivity contribution in [2.75, 3.05) is 5.32 Å². The SMILES string of the molecule is Cc1nn(C)c(C)c1NC1CCC=CCC1. The lowest BCUT2D eigenvalue weighted by Gasteiger charge is -2.17. The van der Waals surface area contributed by atoms with E-state index in [4.69, 9.17) is 0 Å². The fourth-order valence-electron chi connectivity index (χ4n) is 2.31. The fraction of sp³-hybridized carbons (Fsp3) is 0.615. The van der Waals surface area contributed by atoms with Crippen LogP contribution in [0.25, 0.3) is 0 Å². The van der Waals surface area contributed by atoms with E-state index in [1.54, 1.807) is 0 Å². The van der Waals surface area contributed by atoms with Crippen LogP contribution in [0.15, 0.2) is 12.2 Å². The van der Waals surface area contributed by atoms with Crippen molar-refractivity contribution in [3.05, 3.63) is 23.5 Å². The number of allylic oxidation sites excluding steroid dienone is 2. The van der Waals surface area contributed by atoms with Gasteiger partial charge < -0.3 is 5.32 Å². The van der Waals surface area contributed by atoms with Crippen molar-refractivity contribution in [2.45, 2.75) is 45.6 Å². The first-order chi connectivity index (χ1) is 7.68. The van der Waals surface area contributed by atoms with Crippen molar-refractivity contribution in [1.82, 2.24) is 9.78 Å².